The normalized spacial score (nSPS) is 12.9. The number of nitrogens with zero attached hydrogens (tertiary/aromatic N) is 2. The Balaban J connectivity index is 1.79. The molecule has 1 aliphatic rings. The summed E-state index contributed by atoms with van der Waals surface area (Å²) in [5.74, 6) is -0.413. The van der Waals surface area contributed by atoms with Crippen LogP contribution in [0.1, 0.15) is 40.1 Å². The summed E-state index contributed by atoms with van der Waals surface area (Å²) in [5.41, 5.74) is 2.26. The van der Waals surface area contributed by atoms with Gasteiger partial charge in [0.25, 0.3) is 5.91 Å². The van der Waals surface area contributed by atoms with Gasteiger partial charge in [0.05, 0.1) is 18.2 Å². The van der Waals surface area contributed by atoms with Crippen LogP contribution in [0.4, 0.5) is 10.7 Å². The minimum atomic E-state index is -0.222. The molecule has 0 saturated carbocycles. The van der Waals surface area contributed by atoms with Gasteiger partial charge >= 0.3 is 0 Å². The Labute approximate surface area is 179 Å². The van der Waals surface area contributed by atoms with Crippen molar-refractivity contribution in [1.82, 2.24) is 4.90 Å². The van der Waals surface area contributed by atoms with E-state index < -0.39 is 0 Å². The molecule has 0 fully saturated rings. The van der Waals surface area contributed by atoms with Crippen LogP contribution in [-0.4, -0.2) is 36.9 Å². The molecule has 1 aromatic heterocycles. The number of rotatable bonds is 7. The molecule has 0 aliphatic heterocycles. The first-order chi connectivity index (χ1) is 14.0. The van der Waals surface area contributed by atoms with Crippen molar-refractivity contribution >= 4 is 45.4 Å². The van der Waals surface area contributed by atoms with E-state index in [1.165, 1.54) is 16.2 Å². The number of hydrogen-bond donors (Lipinski definition) is 2. The molecule has 2 amide bonds. The maximum Gasteiger partial charge on any atom is 0.258 e. The van der Waals surface area contributed by atoms with Gasteiger partial charge in [-0.05, 0) is 62.6 Å². The van der Waals surface area contributed by atoms with Crippen LogP contribution in [-0.2, 0) is 17.6 Å². The fourth-order valence-corrected chi connectivity index (χ4v) is 4.78. The lowest BCUT2D eigenvalue weighted by Crippen LogP contribution is -2.31. The number of carbonyl (C=O) groups is 2. The molecule has 0 unspecified atom stereocenters. The molecule has 0 spiro atoms. The molecular formula is C21H23ClN4O2S. The Hall–Kier alpha value is -2.40. The van der Waals surface area contributed by atoms with Gasteiger partial charge in [-0.3, -0.25) is 14.5 Å². The van der Waals surface area contributed by atoms with Gasteiger partial charge in [-0.15, -0.1) is 11.3 Å². The van der Waals surface area contributed by atoms with Gasteiger partial charge in [0.15, 0.2) is 0 Å². The summed E-state index contributed by atoms with van der Waals surface area (Å²) in [4.78, 5) is 28.5. The van der Waals surface area contributed by atoms with Crippen LogP contribution in [0.2, 0.25) is 5.02 Å². The van der Waals surface area contributed by atoms with Crippen molar-refractivity contribution < 1.29 is 9.59 Å². The molecule has 1 aromatic carbocycles. The highest BCUT2D eigenvalue weighted by molar-refractivity contribution is 7.17. The third-order valence-corrected chi connectivity index (χ3v) is 6.23. The second kappa shape index (κ2) is 9.88. The van der Waals surface area contributed by atoms with Gasteiger partial charge in [-0.1, -0.05) is 11.6 Å². The molecule has 0 saturated heterocycles. The number of carbonyl (C=O) groups excluding carboxylic acids is 2. The number of amides is 2. The number of anilines is 2. The first-order valence-electron chi connectivity index (χ1n) is 9.54. The van der Waals surface area contributed by atoms with Crippen LogP contribution < -0.4 is 10.6 Å². The average molecular weight is 431 g/mol. The summed E-state index contributed by atoms with van der Waals surface area (Å²) in [6.45, 7) is 0.692. The number of likely N-dealkylation sites (N-methyl/N-ethyl adjacent to an activating group) is 1. The molecule has 1 heterocycles. The Morgan fingerprint density at radius 2 is 1.93 bits per heavy atom. The molecule has 0 radical (unpaired) electrons. The van der Waals surface area contributed by atoms with Crippen molar-refractivity contribution in [2.45, 2.75) is 32.1 Å². The van der Waals surface area contributed by atoms with Crippen LogP contribution in [0.25, 0.3) is 0 Å². The Kier molecular flexibility index (Phi) is 7.26. The maximum absolute atomic E-state index is 13.1. The van der Waals surface area contributed by atoms with E-state index in [4.69, 9.17) is 16.9 Å². The van der Waals surface area contributed by atoms with Gasteiger partial charge in [-0.25, -0.2) is 0 Å². The third-order valence-electron chi connectivity index (χ3n) is 4.77. The predicted molar refractivity (Wildman–Crippen MR) is 117 cm³/mol. The zero-order chi connectivity index (χ0) is 20.8. The smallest absolute Gasteiger partial charge is 0.258 e. The number of hydrogen-bond acceptors (Lipinski definition) is 5. The molecule has 3 rings (SSSR count). The number of nitriles is 1. The Morgan fingerprint density at radius 1 is 1.21 bits per heavy atom. The van der Waals surface area contributed by atoms with Crippen LogP contribution in [0.15, 0.2) is 24.3 Å². The van der Waals surface area contributed by atoms with E-state index in [2.05, 4.69) is 16.7 Å². The molecule has 2 N–H and O–H groups in total. The van der Waals surface area contributed by atoms with E-state index in [0.717, 1.165) is 31.2 Å². The quantitative estimate of drug-likeness (QED) is 0.685. The summed E-state index contributed by atoms with van der Waals surface area (Å²) in [7, 11) is 1.80. The Morgan fingerprint density at radius 3 is 2.66 bits per heavy atom. The lowest BCUT2D eigenvalue weighted by atomic mass is 9.95. The molecule has 0 bridgehead atoms. The second-order valence-electron chi connectivity index (χ2n) is 7.07. The molecule has 2 aromatic rings. The van der Waals surface area contributed by atoms with Crippen molar-refractivity contribution in [3.8, 4) is 6.07 Å². The van der Waals surface area contributed by atoms with Crippen LogP contribution >= 0.6 is 22.9 Å². The number of fused-ring (bicyclic) bond motifs is 1. The second-order valence-corrected chi connectivity index (χ2v) is 8.61. The fourth-order valence-electron chi connectivity index (χ4n) is 3.35. The van der Waals surface area contributed by atoms with Crippen molar-refractivity contribution in [1.29, 1.82) is 5.26 Å². The molecule has 8 heteroatoms. The van der Waals surface area contributed by atoms with Crippen LogP contribution in [0, 0.1) is 11.3 Å². The van der Waals surface area contributed by atoms with E-state index in [1.807, 2.05) is 0 Å². The Bertz CT molecular complexity index is 933. The summed E-state index contributed by atoms with van der Waals surface area (Å²) in [6, 6.07) is 9.02. The lowest BCUT2D eigenvalue weighted by Gasteiger charge is -2.15. The minimum Gasteiger partial charge on any atom is -0.322 e. The standard InChI is InChI=1S/C21H23ClN4O2S/c1-26(12-4-11-23)13-18(27)25-21-19(16-5-2-3-6-17(16)29-21)20(28)24-15-9-7-14(22)8-10-15/h7-10H,2-6,12-13H2,1H3,(H,24,28)(H,25,27). The molecular weight excluding hydrogens is 408 g/mol. The number of halogens is 1. The maximum atomic E-state index is 13.1. The van der Waals surface area contributed by atoms with Crippen molar-refractivity contribution in [3.05, 3.63) is 45.3 Å². The van der Waals surface area contributed by atoms with Crippen molar-refractivity contribution in [2.24, 2.45) is 0 Å². The summed E-state index contributed by atoms with van der Waals surface area (Å²) < 4.78 is 0. The van der Waals surface area contributed by atoms with Gasteiger partial charge in [-0.2, -0.15) is 5.26 Å². The predicted octanol–water partition coefficient (Wildman–Crippen LogP) is 4.32. The average Bonchev–Trinajstić information content (AvgIpc) is 3.05. The summed E-state index contributed by atoms with van der Waals surface area (Å²) in [6.07, 6.45) is 4.27. The molecule has 1 aliphatic carbocycles. The molecule has 0 atom stereocenters. The first-order valence-corrected chi connectivity index (χ1v) is 10.7. The fraction of sp³-hybridized carbons (Fsp3) is 0.381. The molecule has 29 heavy (non-hydrogen) atoms. The zero-order valence-corrected chi connectivity index (χ0v) is 17.8. The number of thiophene rings is 1. The third kappa shape index (κ3) is 5.57. The SMILES string of the molecule is CN(CCC#N)CC(=O)Nc1sc2c(c1C(=O)Nc1ccc(Cl)cc1)CCCC2. The van der Waals surface area contributed by atoms with Crippen molar-refractivity contribution in [2.75, 3.05) is 30.8 Å². The lowest BCUT2D eigenvalue weighted by molar-refractivity contribution is -0.117. The van der Waals surface area contributed by atoms with E-state index in [9.17, 15) is 9.59 Å². The van der Waals surface area contributed by atoms with Gasteiger partial charge in [0.2, 0.25) is 5.91 Å². The topological polar surface area (TPSA) is 85.2 Å². The highest BCUT2D eigenvalue weighted by Gasteiger charge is 2.26. The minimum absolute atomic E-state index is 0.169. The van der Waals surface area contributed by atoms with Gasteiger partial charge < -0.3 is 10.6 Å². The van der Waals surface area contributed by atoms with E-state index >= 15 is 0 Å². The highest BCUT2D eigenvalue weighted by atomic mass is 35.5. The number of aryl methyl sites for hydroxylation is 1. The molecule has 6 nitrogen and oxygen atoms in total. The highest BCUT2D eigenvalue weighted by Crippen LogP contribution is 2.38. The van der Waals surface area contributed by atoms with Gasteiger partial charge in [0.1, 0.15) is 5.00 Å². The van der Waals surface area contributed by atoms with E-state index in [1.54, 1.807) is 36.2 Å². The van der Waals surface area contributed by atoms with Crippen LogP contribution in [0.3, 0.4) is 0 Å². The van der Waals surface area contributed by atoms with E-state index in [0.29, 0.717) is 34.2 Å². The van der Waals surface area contributed by atoms with Crippen LogP contribution in [0.5, 0.6) is 0 Å². The van der Waals surface area contributed by atoms with Crippen molar-refractivity contribution in [3.63, 3.8) is 0 Å². The first kappa shape index (κ1) is 21.3. The largest absolute Gasteiger partial charge is 0.322 e. The van der Waals surface area contributed by atoms with Gasteiger partial charge in [0, 0.05) is 28.6 Å². The number of nitrogens with one attached hydrogen (secondary N) is 2. The summed E-state index contributed by atoms with van der Waals surface area (Å²) in [5, 5.41) is 15.7. The number of benzene rings is 1. The van der Waals surface area contributed by atoms with E-state index in [-0.39, 0.29) is 18.4 Å². The monoisotopic (exact) mass is 430 g/mol. The molecule has 152 valence electrons. The summed E-state index contributed by atoms with van der Waals surface area (Å²) >= 11 is 7.41. The zero-order valence-electron chi connectivity index (χ0n) is 16.3.